The fourth-order valence-corrected chi connectivity index (χ4v) is 1.35. The quantitative estimate of drug-likeness (QED) is 0.813. The topological polar surface area (TPSA) is 69.1 Å². The van der Waals surface area contributed by atoms with Crippen LogP contribution in [-0.4, -0.2) is 5.91 Å². The third-order valence-electron chi connectivity index (χ3n) is 1.95. The molecule has 1 aromatic carbocycles. The number of rotatable bonds is 2. The zero-order chi connectivity index (χ0) is 10.1. The molecule has 0 saturated heterocycles. The molecule has 0 saturated carbocycles. The average molecular weight is 235 g/mol. The van der Waals surface area contributed by atoms with Crippen molar-refractivity contribution >= 4 is 29.9 Å². The van der Waals surface area contributed by atoms with Crippen molar-refractivity contribution in [3.63, 3.8) is 0 Å². The number of benzene rings is 1. The van der Waals surface area contributed by atoms with Crippen molar-refractivity contribution in [1.29, 1.82) is 0 Å². The van der Waals surface area contributed by atoms with Crippen LogP contribution >= 0.6 is 24.0 Å². The van der Waals surface area contributed by atoms with Crippen molar-refractivity contribution in [1.82, 2.24) is 0 Å². The Hall–Kier alpha value is -0.770. The predicted molar refractivity (Wildman–Crippen MR) is 59.4 cm³/mol. The zero-order valence-corrected chi connectivity index (χ0v) is 9.23. The van der Waals surface area contributed by atoms with Crippen LogP contribution in [0.15, 0.2) is 24.3 Å². The average Bonchev–Trinajstić information content (AvgIpc) is 2.04. The van der Waals surface area contributed by atoms with Gasteiger partial charge >= 0.3 is 0 Å². The van der Waals surface area contributed by atoms with Crippen LogP contribution in [0.5, 0.6) is 0 Å². The molecule has 1 unspecified atom stereocenters. The number of primary amides is 1. The van der Waals surface area contributed by atoms with E-state index in [0.717, 1.165) is 0 Å². The first-order chi connectivity index (χ1) is 5.96. The van der Waals surface area contributed by atoms with Crippen LogP contribution in [-0.2, 0) is 10.3 Å². The van der Waals surface area contributed by atoms with Crippen molar-refractivity contribution in [2.24, 2.45) is 11.5 Å². The number of carbonyl (C=O) groups excluding carboxylic acids is 1. The number of halogens is 2. The zero-order valence-electron chi connectivity index (χ0n) is 7.66. The van der Waals surface area contributed by atoms with Crippen LogP contribution < -0.4 is 11.5 Å². The van der Waals surface area contributed by atoms with Gasteiger partial charge in [-0.3, -0.25) is 4.79 Å². The van der Waals surface area contributed by atoms with Gasteiger partial charge in [0, 0.05) is 5.02 Å². The summed E-state index contributed by atoms with van der Waals surface area (Å²) in [7, 11) is 0. The Morgan fingerprint density at radius 3 is 2.36 bits per heavy atom. The van der Waals surface area contributed by atoms with Crippen molar-refractivity contribution in [2.45, 2.75) is 12.5 Å². The summed E-state index contributed by atoms with van der Waals surface area (Å²) < 4.78 is 0. The summed E-state index contributed by atoms with van der Waals surface area (Å²) in [6.45, 7) is 1.54. The maximum atomic E-state index is 11.0. The first-order valence-electron chi connectivity index (χ1n) is 3.80. The molecule has 3 nitrogen and oxygen atoms in total. The molecule has 0 fully saturated rings. The minimum absolute atomic E-state index is 0. The summed E-state index contributed by atoms with van der Waals surface area (Å²) in [6, 6.07) is 6.89. The summed E-state index contributed by atoms with van der Waals surface area (Å²) in [5.41, 5.74) is 10.2. The molecule has 0 aliphatic heterocycles. The van der Waals surface area contributed by atoms with E-state index in [-0.39, 0.29) is 12.4 Å². The van der Waals surface area contributed by atoms with Gasteiger partial charge < -0.3 is 11.5 Å². The second kappa shape index (κ2) is 4.64. The molecule has 1 amide bonds. The molecule has 1 rings (SSSR count). The Balaban J connectivity index is 0.00000169. The Morgan fingerprint density at radius 1 is 1.43 bits per heavy atom. The van der Waals surface area contributed by atoms with Gasteiger partial charge in [0.25, 0.3) is 0 Å². The van der Waals surface area contributed by atoms with E-state index in [1.807, 2.05) is 0 Å². The Labute approximate surface area is 93.8 Å². The molecule has 14 heavy (non-hydrogen) atoms. The van der Waals surface area contributed by atoms with E-state index in [1.54, 1.807) is 24.3 Å². The fourth-order valence-electron chi connectivity index (χ4n) is 1.02. The second-order valence-electron chi connectivity index (χ2n) is 3.05. The highest BCUT2D eigenvalue weighted by molar-refractivity contribution is 6.31. The van der Waals surface area contributed by atoms with Crippen molar-refractivity contribution in [3.05, 3.63) is 34.9 Å². The van der Waals surface area contributed by atoms with Crippen LogP contribution in [0.4, 0.5) is 0 Å². The van der Waals surface area contributed by atoms with E-state index in [1.165, 1.54) is 6.92 Å². The number of hydrogen-bond donors (Lipinski definition) is 2. The Kier molecular flexibility index (Phi) is 4.39. The van der Waals surface area contributed by atoms with Crippen LogP contribution in [0, 0.1) is 0 Å². The molecule has 0 spiro atoms. The van der Waals surface area contributed by atoms with Crippen LogP contribution in [0.1, 0.15) is 12.5 Å². The van der Waals surface area contributed by atoms with Gasteiger partial charge in [-0.25, -0.2) is 0 Å². The second-order valence-corrected chi connectivity index (χ2v) is 3.45. The van der Waals surface area contributed by atoms with E-state index >= 15 is 0 Å². The van der Waals surface area contributed by atoms with E-state index in [0.29, 0.717) is 10.6 Å². The maximum absolute atomic E-state index is 11.0. The minimum Gasteiger partial charge on any atom is -0.368 e. The lowest BCUT2D eigenvalue weighted by Crippen LogP contribution is -2.46. The molecule has 78 valence electrons. The Morgan fingerprint density at radius 2 is 1.93 bits per heavy atom. The third-order valence-corrected chi connectivity index (χ3v) is 2.27. The molecule has 0 heterocycles. The molecular weight excluding hydrogens is 223 g/mol. The number of carbonyl (C=O) groups is 1. The number of hydrogen-bond acceptors (Lipinski definition) is 2. The number of nitrogens with two attached hydrogens (primary N) is 2. The smallest absolute Gasteiger partial charge is 0.241 e. The first-order valence-corrected chi connectivity index (χ1v) is 4.18. The van der Waals surface area contributed by atoms with Gasteiger partial charge in [-0.05, 0) is 18.6 Å². The van der Waals surface area contributed by atoms with Crippen molar-refractivity contribution < 1.29 is 4.79 Å². The van der Waals surface area contributed by atoms with Gasteiger partial charge in [0.05, 0.1) is 0 Å². The lowest BCUT2D eigenvalue weighted by molar-refractivity contribution is -0.122. The molecule has 1 aromatic rings. The molecule has 0 aliphatic rings. The monoisotopic (exact) mass is 234 g/mol. The summed E-state index contributed by atoms with van der Waals surface area (Å²) in [6.07, 6.45) is 0. The SMILES string of the molecule is CC(N)(C(N)=O)c1ccccc1Cl.Cl. The van der Waals surface area contributed by atoms with E-state index in [4.69, 9.17) is 23.1 Å². The van der Waals surface area contributed by atoms with E-state index in [9.17, 15) is 4.79 Å². The fraction of sp³-hybridized carbons (Fsp3) is 0.222. The molecule has 4 N–H and O–H groups in total. The largest absolute Gasteiger partial charge is 0.368 e. The van der Waals surface area contributed by atoms with Gasteiger partial charge in [-0.15, -0.1) is 12.4 Å². The van der Waals surface area contributed by atoms with Crippen LogP contribution in [0.3, 0.4) is 0 Å². The van der Waals surface area contributed by atoms with Crippen molar-refractivity contribution in [3.8, 4) is 0 Å². The van der Waals surface area contributed by atoms with Gasteiger partial charge in [-0.1, -0.05) is 29.8 Å². The van der Waals surface area contributed by atoms with Gasteiger partial charge in [0.2, 0.25) is 5.91 Å². The molecule has 0 radical (unpaired) electrons. The molecule has 0 aromatic heterocycles. The highest BCUT2D eigenvalue weighted by Crippen LogP contribution is 2.25. The van der Waals surface area contributed by atoms with Crippen LogP contribution in [0.2, 0.25) is 5.02 Å². The van der Waals surface area contributed by atoms with Gasteiger partial charge in [0.1, 0.15) is 5.54 Å². The normalized spacial score (nSPS) is 13.9. The van der Waals surface area contributed by atoms with Gasteiger partial charge in [-0.2, -0.15) is 0 Å². The number of amides is 1. The van der Waals surface area contributed by atoms with Gasteiger partial charge in [0.15, 0.2) is 0 Å². The molecule has 1 atom stereocenters. The summed E-state index contributed by atoms with van der Waals surface area (Å²) in [5, 5.41) is 0.450. The molecule has 5 heteroatoms. The summed E-state index contributed by atoms with van der Waals surface area (Å²) in [4.78, 5) is 11.0. The highest BCUT2D eigenvalue weighted by atomic mass is 35.5. The molecule has 0 aliphatic carbocycles. The lowest BCUT2D eigenvalue weighted by atomic mass is 9.93. The minimum atomic E-state index is -1.21. The predicted octanol–water partition coefficient (Wildman–Crippen LogP) is 1.42. The van der Waals surface area contributed by atoms with E-state index in [2.05, 4.69) is 0 Å². The molecule has 0 bridgehead atoms. The van der Waals surface area contributed by atoms with E-state index < -0.39 is 11.4 Å². The standard InChI is InChI=1S/C9H11ClN2O.ClH/c1-9(12,8(11)13)6-4-2-3-5-7(6)10;/h2-5H,12H2,1H3,(H2,11,13);1H. The summed E-state index contributed by atoms with van der Waals surface area (Å²) >= 11 is 5.87. The molecular formula is C9H12Cl2N2O. The van der Waals surface area contributed by atoms with Crippen LogP contribution in [0.25, 0.3) is 0 Å². The maximum Gasteiger partial charge on any atom is 0.241 e. The Bertz CT molecular complexity index is 339. The summed E-state index contributed by atoms with van der Waals surface area (Å²) in [5.74, 6) is -0.597. The third kappa shape index (κ3) is 2.38. The first kappa shape index (κ1) is 13.2. The van der Waals surface area contributed by atoms with Crippen molar-refractivity contribution in [2.75, 3.05) is 0 Å². The highest BCUT2D eigenvalue weighted by Gasteiger charge is 2.29. The lowest BCUT2D eigenvalue weighted by Gasteiger charge is -2.21.